The Morgan fingerprint density at radius 2 is 1.90 bits per heavy atom. The number of methoxy groups -OCH3 is 1. The Hall–Kier alpha value is -2.68. The minimum absolute atomic E-state index is 0.0379. The molecule has 0 atom stereocenters. The Morgan fingerprint density at radius 1 is 1.17 bits per heavy atom. The maximum atomic E-state index is 12.1. The first-order valence-electron chi connectivity index (χ1n) is 9.35. The molecule has 0 bridgehead atoms. The van der Waals surface area contributed by atoms with Gasteiger partial charge in [0.2, 0.25) is 0 Å². The van der Waals surface area contributed by atoms with Crippen molar-refractivity contribution in [2.75, 3.05) is 18.6 Å². The van der Waals surface area contributed by atoms with Crippen molar-refractivity contribution < 1.29 is 23.7 Å². The van der Waals surface area contributed by atoms with E-state index in [1.807, 2.05) is 12.3 Å². The Balaban J connectivity index is 1.84. The van der Waals surface area contributed by atoms with Crippen LogP contribution in [-0.4, -0.2) is 43.7 Å². The van der Waals surface area contributed by atoms with Gasteiger partial charge < -0.3 is 20.6 Å². The highest BCUT2D eigenvalue weighted by Crippen LogP contribution is 2.49. The number of phenols is 1. The van der Waals surface area contributed by atoms with Crippen LogP contribution in [0.2, 0.25) is 0 Å². The van der Waals surface area contributed by atoms with Gasteiger partial charge in [-0.1, -0.05) is 6.07 Å². The number of hydrogen-bond acceptors (Lipinski definition) is 5. The van der Waals surface area contributed by atoms with E-state index in [0.717, 1.165) is 22.1 Å². The molecule has 3 aromatic rings. The zero-order valence-corrected chi connectivity index (χ0v) is 16.8. The number of H-pyrrole nitrogens is 1. The van der Waals surface area contributed by atoms with Crippen molar-refractivity contribution in [1.29, 1.82) is 0 Å². The predicted octanol–water partition coefficient (Wildman–Crippen LogP) is 4.28. The van der Waals surface area contributed by atoms with E-state index in [1.54, 1.807) is 24.3 Å². The lowest BCUT2D eigenvalue weighted by Gasteiger charge is -2.39. The number of phenolic OH excluding ortho intramolecular Hbond substituents is 1. The van der Waals surface area contributed by atoms with Crippen LogP contribution in [0.25, 0.3) is 22.0 Å². The van der Waals surface area contributed by atoms with Crippen molar-refractivity contribution in [2.24, 2.45) is 5.73 Å². The number of benzene rings is 2. The normalized spacial score (nSPS) is 17.9. The Morgan fingerprint density at radius 3 is 2.55 bits per heavy atom. The number of primary amides is 1. The van der Waals surface area contributed by atoms with Crippen LogP contribution in [0, 0.1) is 0 Å². The summed E-state index contributed by atoms with van der Waals surface area (Å²) in [5, 5.41) is 10.8. The summed E-state index contributed by atoms with van der Waals surface area (Å²) in [7, 11) is -0.986. The lowest BCUT2D eigenvalue weighted by atomic mass is 9.91. The average molecular weight is 416 g/mol. The number of nitrogens with one attached hydrogen (secondary N) is 1. The third kappa shape index (κ3) is 3.66. The maximum absolute atomic E-state index is 12.1. The largest absolute Gasteiger partial charge is 0.504 e. The van der Waals surface area contributed by atoms with Crippen molar-refractivity contribution in [3.63, 3.8) is 0 Å². The molecule has 154 valence electrons. The molecule has 1 aliphatic heterocycles. The van der Waals surface area contributed by atoms with Crippen LogP contribution in [0.3, 0.4) is 0 Å². The quantitative estimate of drug-likeness (QED) is 0.434. The van der Waals surface area contributed by atoms with Gasteiger partial charge in [-0.05, 0) is 59.7 Å². The standard InChI is InChI=1S/C21H24N2O5S/c1-28-19-10-13(2-3-18(19)24)14-8-15-17(12-4-6-29(26,27)7-5-12)11-23-20(15)16(9-14)21(22)25/h2-3,8-12,23-24,26-27H,4-7H2,1H3,(H2,22,25). The zero-order chi connectivity index (χ0) is 20.8. The molecule has 1 aliphatic rings. The smallest absolute Gasteiger partial charge is 0.250 e. The van der Waals surface area contributed by atoms with Crippen LogP contribution >= 0.6 is 10.6 Å². The number of nitrogens with two attached hydrogens (primary N) is 1. The second-order valence-corrected chi connectivity index (χ2v) is 9.85. The highest BCUT2D eigenvalue weighted by Gasteiger charge is 2.27. The minimum Gasteiger partial charge on any atom is -0.504 e. The number of aromatic hydroxyl groups is 1. The summed E-state index contributed by atoms with van der Waals surface area (Å²) >= 11 is 0. The van der Waals surface area contributed by atoms with Gasteiger partial charge in [-0.2, -0.15) is 10.6 Å². The van der Waals surface area contributed by atoms with Gasteiger partial charge in [-0.15, -0.1) is 0 Å². The Labute approximate surface area is 169 Å². The summed E-state index contributed by atoms with van der Waals surface area (Å²) in [6, 6.07) is 8.74. The van der Waals surface area contributed by atoms with Crippen LogP contribution < -0.4 is 10.5 Å². The molecule has 0 saturated carbocycles. The van der Waals surface area contributed by atoms with Gasteiger partial charge in [0.25, 0.3) is 5.91 Å². The van der Waals surface area contributed by atoms with E-state index >= 15 is 0 Å². The molecule has 1 saturated heterocycles. The number of ether oxygens (including phenoxy) is 1. The first-order valence-corrected chi connectivity index (χ1v) is 11.2. The second-order valence-electron chi connectivity index (χ2n) is 7.43. The predicted molar refractivity (Wildman–Crippen MR) is 115 cm³/mol. The molecule has 0 radical (unpaired) electrons. The molecule has 6 N–H and O–H groups in total. The van der Waals surface area contributed by atoms with Crippen molar-refractivity contribution in [3.05, 3.63) is 47.7 Å². The number of carbonyl (C=O) groups excluding carboxylic acids is 1. The fraction of sp³-hybridized carbons (Fsp3) is 0.286. The number of hydrogen-bond donors (Lipinski definition) is 5. The van der Waals surface area contributed by atoms with Crippen LogP contribution in [0.1, 0.15) is 34.7 Å². The number of carbonyl (C=O) groups is 1. The van der Waals surface area contributed by atoms with Crippen molar-refractivity contribution in [3.8, 4) is 22.6 Å². The lowest BCUT2D eigenvalue weighted by molar-refractivity contribution is 0.100. The number of rotatable bonds is 4. The van der Waals surface area contributed by atoms with E-state index in [-0.39, 0.29) is 11.7 Å². The van der Waals surface area contributed by atoms with Gasteiger partial charge >= 0.3 is 0 Å². The van der Waals surface area contributed by atoms with Crippen LogP contribution in [0.15, 0.2) is 36.5 Å². The molecular formula is C21H24N2O5S. The fourth-order valence-corrected chi connectivity index (χ4v) is 5.56. The third-order valence-corrected chi connectivity index (χ3v) is 7.41. The highest BCUT2D eigenvalue weighted by molar-refractivity contribution is 8.24. The number of fused-ring (bicyclic) bond motifs is 1. The van der Waals surface area contributed by atoms with Gasteiger partial charge in [0.15, 0.2) is 11.5 Å². The molecule has 2 aromatic carbocycles. The fourth-order valence-electron chi connectivity index (χ4n) is 4.03. The molecule has 1 aromatic heterocycles. The van der Waals surface area contributed by atoms with Gasteiger partial charge in [0.1, 0.15) is 0 Å². The first-order chi connectivity index (χ1) is 13.8. The molecule has 0 aliphatic carbocycles. The van der Waals surface area contributed by atoms with Crippen LogP contribution in [-0.2, 0) is 0 Å². The average Bonchev–Trinajstić information content (AvgIpc) is 3.11. The lowest BCUT2D eigenvalue weighted by Crippen LogP contribution is -2.19. The van der Waals surface area contributed by atoms with Crippen molar-refractivity contribution in [2.45, 2.75) is 18.8 Å². The molecule has 8 heteroatoms. The summed E-state index contributed by atoms with van der Waals surface area (Å²) in [6.45, 7) is 0. The molecule has 1 fully saturated rings. The summed E-state index contributed by atoms with van der Waals surface area (Å²) in [5.74, 6) is 0.804. The third-order valence-electron chi connectivity index (χ3n) is 5.63. The summed E-state index contributed by atoms with van der Waals surface area (Å²) in [4.78, 5) is 15.3. The topological polar surface area (TPSA) is 129 Å². The van der Waals surface area contributed by atoms with E-state index in [1.165, 1.54) is 7.11 Å². The van der Waals surface area contributed by atoms with E-state index in [4.69, 9.17) is 10.5 Å². The SMILES string of the molecule is COc1cc(-c2cc(C(N)=O)c3[nH]cc(C4CCS(O)(O)CC4)c3c2)ccc1O. The van der Waals surface area contributed by atoms with Crippen LogP contribution in [0.4, 0.5) is 0 Å². The molecule has 2 heterocycles. The van der Waals surface area contributed by atoms with Gasteiger partial charge in [-0.3, -0.25) is 13.9 Å². The van der Waals surface area contributed by atoms with Crippen molar-refractivity contribution >= 4 is 27.4 Å². The molecular weight excluding hydrogens is 392 g/mol. The maximum Gasteiger partial charge on any atom is 0.250 e. The Bertz CT molecular complexity index is 1080. The molecule has 0 spiro atoms. The summed E-state index contributed by atoms with van der Waals surface area (Å²) in [5.41, 5.74) is 9.32. The Kier molecular flexibility index (Phi) is 4.94. The van der Waals surface area contributed by atoms with Crippen LogP contribution in [0.5, 0.6) is 11.5 Å². The van der Waals surface area contributed by atoms with E-state index in [9.17, 15) is 19.0 Å². The van der Waals surface area contributed by atoms with Crippen molar-refractivity contribution in [1.82, 2.24) is 4.98 Å². The zero-order valence-electron chi connectivity index (χ0n) is 16.0. The molecule has 29 heavy (non-hydrogen) atoms. The number of aromatic amines is 1. The van der Waals surface area contributed by atoms with Gasteiger partial charge in [0, 0.05) is 23.1 Å². The first kappa shape index (κ1) is 19.6. The molecule has 1 amide bonds. The summed E-state index contributed by atoms with van der Waals surface area (Å²) < 4.78 is 25.0. The van der Waals surface area contributed by atoms with E-state index in [2.05, 4.69) is 4.98 Å². The van der Waals surface area contributed by atoms with Gasteiger partial charge in [0.05, 0.1) is 18.2 Å². The monoisotopic (exact) mass is 416 g/mol. The highest BCUT2D eigenvalue weighted by atomic mass is 32.3. The molecule has 4 rings (SSSR count). The van der Waals surface area contributed by atoms with E-state index < -0.39 is 16.5 Å². The second kappa shape index (κ2) is 7.29. The summed E-state index contributed by atoms with van der Waals surface area (Å²) in [6.07, 6.45) is 3.25. The number of aromatic nitrogens is 1. The van der Waals surface area contributed by atoms with Gasteiger partial charge in [-0.25, -0.2) is 0 Å². The molecule has 7 nitrogen and oxygen atoms in total. The molecule has 0 unspecified atom stereocenters. The van der Waals surface area contributed by atoms with E-state index in [0.29, 0.717) is 41.2 Å². The number of amides is 1. The minimum atomic E-state index is -2.47.